The van der Waals surface area contributed by atoms with Crippen molar-refractivity contribution < 1.29 is 4.74 Å². The molecule has 0 aliphatic heterocycles. The Morgan fingerprint density at radius 3 is 2.39 bits per heavy atom. The molecule has 0 unspecified atom stereocenters. The molecule has 0 aliphatic rings. The normalized spacial score (nSPS) is 10.7. The van der Waals surface area contributed by atoms with E-state index in [1.807, 2.05) is 32.0 Å². The van der Waals surface area contributed by atoms with Gasteiger partial charge in [-0.15, -0.1) is 0 Å². The van der Waals surface area contributed by atoms with Crippen LogP contribution in [0.5, 0.6) is 5.75 Å². The van der Waals surface area contributed by atoms with Crippen molar-refractivity contribution in [3.8, 4) is 11.4 Å². The first-order valence-corrected chi connectivity index (χ1v) is 6.54. The van der Waals surface area contributed by atoms with E-state index < -0.39 is 0 Å². The number of nitrogens with zero attached hydrogens (tertiary/aromatic N) is 1. The van der Waals surface area contributed by atoms with Crippen LogP contribution in [0, 0.1) is 20.8 Å². The quantitative estimate of drug-likeness (QED) is 0.917. The molecule has 0 aliphatic carbocycles. The van der Waals surface area contributed by atoms with Gasteiger partial charge in [-0.05, 0) is 54.4 Å². The predicted octanol–water partition coefficient (Wildman–Crippen LogP) is 3.76. The molecular formula is C14H17BrN2O. The Bertz CT molecular complexity index is 602. The van der Waals surface area contributed by atoms with E-state index in [0.29, 0.717) is 0 Å². The zero-order valence-electron chi connectivity index (χ0n) is 11.0. The molecular weight excluding hydrogens is 292 g/mol. The smallest absolute Gasteiger partial charge is 0.123 e. The molecule has 0 saturated heterocycles. The molecule has 1 aromatic heterocycles. The van der Waals surface area contributed by atoms with E-state index in [-0.39, 0.29) is 0 Å². The van der Waals surface area contributed by atoms with Gasteiger partial charge >= 0.3 is 0 Å². The van der Waals surface area contributed by atoms with E-state index in [0.717, 1.165) is 33.0 Å². The number of nitrogens with two attached hydrogens (primary N) is 1. The van der Waals surface area contributed by atoms with Gasteiger partial charge in [-0.2, -0.15) is 0 Å². The van der Waals surface area contributed by atoms with Gasteiger partial charge < -0.3 is 10.5 Å². The van der Waals surface area contributed by atoms with Crippen LogP contribution in [0.4, 0.5) is 5.82 Å². The maximum atomic E-state index is 6.10. The van der Waals surface area contributed by atoms with Crippen LogP contribution in [-0.2, 0) is 0 Å². The summed E-state index contributed by atoms with van der Waals surface area (Å²) >= 11 is 3.52. The van der Waals surface area contributed by atoms with Gasteiger partial charge in [0.1, 0.15) is 11.6 Å². The van der Waals surface area contributed by atoms with Gasteiger partial charge in [0.15, 0.2) is 0 Å². The van der Waals surface area contributed by atoms with Gasteiger partial charge in [0, 0.05) is 15.7 Å². The Morgan fingerprint density at radius 2 is 1.89 bits per heavy atom. The molecule has 0 fully saturated rings. The maximum absolute atomic E-state index is 6.10. The number of aromatic nitrogens is 1. The fourth-order valence-corrected chi connectivity index (χ4v) is 2.69. The number of rotatable bonds is 2. The molecule has 2 rings (SSSR count). The molecule has 18 heavy (non-hydrogen) atoms. The summed E-state index contributed by atoms with van der Waals surface area (Å²) in [5, 5.41) is 0. The molecule has 1 aromatic carbocycles. The molecule has 2 aromatic rings. The number of halogens is 1. The zero-order chi connectivity index (χ0) is 13.4. The van der Waals surface area contributed by atoms with Gasteiger partial charge in [0.25, 0.3) is 0 Å². The first-order chi connectivity index (χ1) is 8.47. The fourth-order valence-electron chi connectivity index (χ4n) is 2.28. The number of hydrogen-bond acceptors (Lipinski definition) is 2. The minimum Gasteiger partial charge on any atom is -0.496 e. The number of ether oxygens (including phenoxy) is 1. The minimum absolute atomic E-state index is 0.721. The van der Waals surface area contributed by atoms with Gasteiger partial charge in [0.05, 0.1) is 12.8 Å². The van der Waals surface area contributed by atoms with Gasteiger partial charge in [-0.25, -0.2) is 0 Å². The third-order valence-corrected chi connectivity index (χ3v) is 4.04. The SMILES string of the molecule is COc1ccc(C)c(-n2c(N)cc(Br)c2C)c1C. The van der Waals surface area contributed by atoms with Crippen molar-refractivity contribution in [1.82, 2.24) is 4.57 Å². The highest BCUT2D eigenvalue weighted by atomic mass is 79.9. The number of anilines is 1. The molecule has 0 radical (unpaired) electrons. The van der Waals surface area contributed by atoms with Crippen molar-refractivity contribution >= 4 is 21.7 Å². The lowest BCUT2D eigenvalue weighted by atomic mass is 10.1. The molecule has 4 heteroatoms. The van der Waals surface area contributed by atoms with E-state index in [9.17, 15) is 0 Å². The second-order valence-corrected chi connectivity index (χ2v) is 5.25. The Morgan fingerprint density at radius 1 is 1.22 bits per heavy atom. The van der Waals surface area contributed by atoms with Gasteiger partial charge in [0.2, 0.25) is 0 Å². The van der Waals surface area contributed by atoms with Crippen LogP contribution in [0.2, 0.25) is 0 Å². The Hall–Kier alpha value is -1.42. The lowest BCUT2D eigenvalue weighted by Crippen LogP contribution is -2.06. The first-order valence-electron chi connectivity index (χ1n) is 5.75. The van der Waals surface area contributed by atoms with E-state index in [2.05, 4.69) is 27.4 Å². The summed E-state index contributed by atoms with van der Waals surface area (Å²) in [5.74, 6) is 1.60. The lowest BCUT2D eigenvalue weighted by molar-refractivity contribution is 0.411. The summed E-state index contributed by atoms with van der Waals surface area (Å²) in [6.07, 6.45) is 0. The van der Waals surface area contributed by atoms with Crippen molar-refractivity contribution in [3.05, 3.63) is 39.5 Å². The van der Waals surface area contributed by atoms with Crippen LogP contribution in [0.15, 0.2) is 22.7 Å². The van der Waals surface area contributed by atoms with E-state index >= 15 is 0 Å². The molecule has 0 bridgehead atoms. The molecule has 0 spiro atoms. The highest BCUT2D eigenvalue weighted by molar-refractivity contribution is 9.10. The summed E-state index contributed by atoms with van der Waals surface area (Å²) in [6.45, 7) is 6.17. The molecule has 3 nitrogen and oxygen atoms in total. The summed E-state index contributed by atoms with van der Waals surface area (Å²) in [7, 11) is 1.68. The largest absolute Gasteiger partial charge is 0.496 e. The van der Waals surface area contributed by atoms with Crippen LogP contribution in [-0.4, -0.2) is 11.7 Å². The standard InChI is InChI=1S/C14H17BrN2O/c1-8-5-6-12(18-4)9(2)14(8)17-10(3)11(15)7-13(17)16/h5-7H,16H2,1-4H3. The van der Waals surface area contributed by atoms with Crippen molar-refractivity contribution in [3.63, 3.8) is 0 Å². The highest BCUT2D eigenvalue weighted by Gasteiger charge is 2.15. The van der Waals surface area contributed by atoms with Gasteiger partial charge in [-0.3, -0.25) is 4.57 Å². The third kappa shape index (κ3) is 1.90. The third-order valence-electron chi connectivity index (χ3n) is 3.24. The first kappa shape index (κ1) is 13.0. The maximum Gasteiger partial charge on any atom is 0.123 e. The second-order valence-electron chi connectivity index (χ2n) is 4.40. The monoisotopic (exact) mass is 308 g/mol. The average molecular weight is 309 g/mol. The topological polar surface area (TPSA) is 40.2 Å². The minimum atomic E-state index is 0.721. The molecule has 0 saturated carbocycles. The summed E-state index contributed by atoms with van der Waals surface area (Å²) in [4.78, 5) is 0. The molecule has 2 N–H and O–H groups in total. The number of nitrogen functional groups attached to an aromatic ring is 1. The van der Waals surface area contributed by atoms with Crippen LogP contribution >= 0.6 is 15.9 Å². The molecule has 0 atom stereocenters. The van der Waals surface area contributed by atoms with Crippen molar-refractivity contribution in [2.75, 3.05) is 12.8 Å². The highest BCUT2D eigenvalue weighted by Crippen LogP contribution is 2.33. The number of hydrogen-bond donors (Lipinski definition) is 1. The van der Waals surface area contributed by atoms with Crippen LogP contribution in [0.3, 0.4) is 0 Å². The molecule has 1 heterocycles. The predicted molar refractivity (Wildman–Crippen MR) is 78.6 cm³/mol. The average Bonchev–Trinajstić information content (AvgIpc) is 2.56. The van der Waals surface area contributed by atoms with Crippen LogP contribution < -0.4 is 10.5 Å². The second kappa shape index (κ2) is 4.69. The fraction of sp³-hybridized carbons (Fsp3) is 0.286. The van der Waals surface area contributed by atoms with Gasteiger partial charge in [-0.1, -0.05) is 6.07 Å². The van der Waals surface area contributed by atoms with E-state index in [4.69, 9.17) is 10.5 Å². The summed E-state index contributed by atoms with van der Waals surface area (Å²) in [6, 6.07) is 5.96. The Balaban J connectivity index is 2.78. The molecule has 0 amide bonds. The number of benzene rings is 1. The van der Waals surface area contributed by atoms with Crippen molar-refractivity contribution in [2.24, 2.45) is 0 Å². The van der Waals surface area contributed by atoms with Crippen LogP contribution in [0.1, 0.15) is 16.8 Å². The van der Waals surface area contributed by atoms with Crippen molar-refractivity contribution in [2.45, 2.75) is 20.8 Å². The van der Waals surface area contributed by atoms with E-state index in [1.165, 1.54) is 5.56 Å². The number of methoxy groups -OCH3 is 1. The van der Waals surface area contributed by atoms with Crippen LogP contribution in [0.25, 0.3) is 5.69 Å². The molecule has 96 valence electrons. The number of aryl methyl sites for hydroxylation is 1. The van der Waals surface area contributed by atoms with E-state index in [1.54, 1.807) is 7.11 Å². The van der Waals surface area contributed by atoms with Crippen molar-refractivity contribution in [1.29, 1.82) is 0 Å². The Kier molecular flexibility index (Phi) is 3.39. The lowest BCUT2D eigenvalue weighted by Gasteiger charge is -2.17. The zero-order valence-corrected chi connectivity index (χ0v) is 12.6. The summed E-state index contributed by atoms with van der Waals surface area (Å²) in [5.41, 5.74) is 10.5. The Labute approximate surface area is 116 Å². The summed E-state index contributed by atoms with van der Waals surface area (Å²) < 4.78 is 8.45.